The maximum atomic E-state index is 12.6. The van der Waals surface area contributed by atoms with E-state index in [0.29, 0.717) is 5.56 Å². The number of aliphatic hydroxyl groups is 2. The van der Waals surface area contributed by atoms with Crippen molar-refractivity contribution in [3.8, 4) is 0 Å². The maximum Gasteiger partial charge on any atom is 0.252 e. The molecular weight excluding hydrogens is 354 g/mol. The Morgan fingerprint density at radius 1 is 1.11 bits per heavy atom. The summed E-state index contributed by atoms with van der Waals surface area (Å²) in [6.07, 6.45) is 9.76. The fourth-order valence-electron chi connectivity index (χ4n) is 3.05. The molecule has 1 amide bonds. The van der Waals surface area contributed by atoms with Gasteiger partial charge in [0, 0.05) is 18.0 Å². The van der Waals surface area contributed by atoms with Crippen LogP contribution < -0.4 is 5.32 Å². The highest BCUT2D eigenvalue weighted by atomic mass is 16.3. The number of hydrogen-bond acceptors (Lipinski definition) is 5. The van der Waals surface area contributed by atoms with Gasteiger partial charge >= 0.3 is 0 Å². The molecule has 3 N–H and O–H groups in total. The number of benzene rings is 2. The molecule has 0 bridgehead atoms. The zero-order valence-electron chi connectivity index (χ0n) is 15.7. The number of nitrogens with one attached hydrogen (secondary N) is 1. The van der Waals surface area contributed by atoms with Gasteiger partial charge in [-0.3, -0.25) is 4.79 Å². The third kappa shape index (κ3) is 4.24. The van der Waals surface area contributed by atoms with Crippen LogP contribution in [0.1, 0.15) is 28.4 Å². The second-order valence-electron chi connectivity index (χ2n) is 6.88. The van der Waals surface area contributed by atoms with Gasteiger partial charge in [-0.15, -0.1) is 0 Å². The van der Waals surface area contributed by atoms with E-state index in [1.54, 1.807) is 31.5 Å². The first kappa shape index (κ1) is 19.7. The Morgan fingerprint density at radius 3 is 2.46 bits per heavy atom. The number of carbonyl (C=O) groups excluding carboxylic acids is 1. The van der Waals surface area contributed by atoms with E-state index in [9.17, 15) is 15.0 Å². The lowest BCUT2D eigenvalue weighted by atomic mass is 9.89. The predicted octanol–water partition coefficient (Wildman–Crippen LogP) is 2.36. The molecule has 1 aromatic heterocycles. The van der Waals surface area contributed by atoms with Crippen molar-refractivity contribution in [1.29, 1.82) is 0 Å². The SMILES string of the molecule is CC(CO)(CO)NC(=O)c1ccc2cccc3c2c1C=CC3.c1cncnc1. The first-order chi connectivity index (χ1) is 13.6. The minimum Gasteiger partial charge on any atom is -0.394 e. The van der Waals surface area contributed by atoms with Gasteiger partial charge in [-0.1, -0.05) is 36.4 Å². The quantitative estimate of drug-likeness (QED) is 0.649. The molecule has 2 aromatic carbocycles. The monoisotopic (exact) mass is 377 g/mol. The van der Waals surface area contributed by atoms with Crippen molar-refractivity contribution in [2.75, 3.05) is 13.2 Å². The summed E-state index contributed by atoms with van der Waals surface area (Å²) in [6.45, 7) is 0.969. The van der Waals surface area contributed by atoms with Gasteiger partial charge in [0.15, 0.2) is 0 Å². The predicted molar refractivity (Wildman–Crippen MR) is 109 cm³/mol. The van der Waals surface area contributed by atoms with Crippen LogP contribution in [-0.2, 0) is 6.42 Å². The third-order valence-electron chi connectivity index (χ3n) is 4.63. The van der Waals surface area contributed by atoms with Crippen LogP contribution in [0.5, 0.6) is 0 Å². The Kier molecular flexibility index (Phi) is 6.13. The van der Waals surface area contributed by atoms with Crippen LogP contribution in [0.25, 0.3) is 16.8 Å². The van der Waals surface area contributed by atoms with Crippen molar-refractivity contribution >= 4 is 22.8 Å². The van der Waals surface area contributed by atoms with Gasteiger partial charge in [-0.05, 0) is 47.4 Å². The van der Waals surface area contributed by atoms with E-state index in [1.165, 1.54) is 11.9 Å². The molecule has 144 valence electrons. The molecule has 1 aliphatic rings. The molecule has 6 heteroatoms. The highest BCUT2D eigenvalue weighted by Crippen LogP contribution is 2.31. The van der Waals surface area contributed by atoms with E-state index in [2.05, 4.69) is 21.4 Å². The van der Waals surface area contributed by atoms with Crippen molar-refractivity contribution in [2.45, 2.75) is 18.9 Å². The van der Waals surface area contributed by atoms with Gasteiger partial charge in [0.1, 0.15) is 6.33 Å². The van der Waals surface area contributed by atoms with E-state index in [1.807, 2.05) is 30.4 Å². The molecule has 0 spiro atoms. The van der Waals surface area contributed by atoms with E-state index in [0.717, 1.165) is 22.8 Å². The van der Waals surface area contributed by atoms with Gasteiger partial charge < -0.3 is 15.5 Å². The Balaban J connectivity index is 0.000000320. The molecule has 1 heterocycles. The lowest BCUT2D eigenvalue weighted by Gasteiger charge is -2.27. The molecule has 0 atom stereocenters. The molecule has 4 rings (SSSR count). The molecule has 0 fully saturated rings. The molecule has 0 unspecified atom stereocenters. The maximum absolute atomic E-state index is 12.6. The van der Waals surface area contributed by atoms with Crippen LogP contribution in [0, 0.1) is 0 Å². The number of aromatic nitrogens is 2. The molecule has 6 nitrogen and oxygen atoms in total. The third-order valence-corrected chi connectivity index (χ3v) is 4.63. The number of hydrogen-bond donors (Lipinski definition) is 3. The van der Waals surface area contributed by atoms with Crippen LogP contribution in [0.2, 0.25) is 0 Å². The highest BCUT2D eigenvalue weighted by molar-refractivity contribution is 6.06. The lowest BCUT2D eigenvalue weighted by molar-refractivity contribution is 0.0724. The van der Waals surface area contributed by atoms with Crippen LogP contribution >= 0.6 is 0 Å². The molecule has 1 aliphatic carbocycles. The second-order valence-corrected chi connectivity index (χ2v) is 6.88. The molecule has 0 saturated heterocycles. The van der Waals surface area contributed by atoms with E-state index >= 15 is 0 Å². The number of carbonyl (C=O) groups is 1. The van der Waals surface area contributed by atoms with Crippen molar-refractivity contribution < 1.29 is 15.0 Å². The van der Waals surface area contributed by atoms with Gasteiger partial charge in [0.05, 0.1) is 18.8 Å². The summed E-state index contributed by atoms with van der Waals surface area (Å²) in [5, 5.41) is 23.6. The Labute approximate surface area is 163 Å². The van der Waals surface area contributed by atoms with Gasteiger partial charge in [-0.2, -0.15) is 0 Å². The van der Waals surface area contributed by atoms with Crippen molar-refractivity contribution in [3.63, 3.8) is 0 Å². The smallest absolute Gasteiger partial charge is 0.252 e. The van der Waals surface area contributed by atoms with Crippen LogP contribution in [-0.4, -0.2) is 44.8 Å². The van der Waals surface area contributed by atoms with Gasteiger partial charge in [0.2, 0.25) is 0 Å². The summed E-state index contributed by atoms with van der Waals surface area (Å²) in [5.41, 5.74) is 1.63. The average molecular weight is 377 g/mol. The zero-order valence-corrected chi connectivity index (χ0v) is 15.7. The Hall–Kier alpha value is -3.09. The summed E-state index contributed by atoms with van der Waals surface area (Å²) in [4.78, 5) is 19.9. The fourth-order valence-corrected chi connectivity index (χ4v) is 3.05. The first-order valence-electron chi connectivity index (χ1n) is 9.03. The summed E-state index contributed by atoms with van der Waals surface area (Å²) in [5.74, 6) is -0.288. The van der Waals surface area contributed by atoms with E-state index in [-0.39, 0.29) is 19.1 Å². The fraction of sp³-hybridized carbons (Fsp3) is 0.227. The number of rotatable bonds is 4. The normalized spacial score (nSPS) is 12.2. The summed E-state index contributed by atoms with van der Waals surface area (Å²) >= 11 is 0. The van der Waals surface area contributed by atoms with Crippen molar-refractivity contribution in [1.82, 2.24) is 15.3 Å². The van der Waals surface area contributed by atoms with Crippen LogP contribution in [0.15, 0.2) is 61.2 Å². The topological polar surface area (TPSA) is 95.3 Å². The van der Waals surface area contributed by atoms with Gasteiger partial charge in [-0.25, -0.2) is 9.97 Å². The van der Waals surface area contributed by atoms with Crippen molar-refractivity contribution in [3.05, 3.63) is 77.9 Å². The van der Waals surface area contributed by atoms with E-state index < -0.39 is 5.54 Å². The van der Waals surface area contributed by atoms with Gasteiger partial charge in [0.25, 0.3) is 5.91 Å². The second kappa shape index (κ2) is 8.73. The number of nitrogens with zero attached hydrogens (tertiary/aromatic N) is 2. The molecular formula is C22H23N3O3. The van der Waals surface area contributed by atoms with Crippen LogP contribution in [0.4, 0.5) is 0 Å². The van der Waals surface area contributed by atoms with Crippen molar-refractivity contribution in [2.24, 2.45) is 0 Å². The standard InChI is InChI=1S/C18H19NO3.C4H4N2/c1-18(10-20,11-21)19-17(22)15-9-8-13-5-2-4-12-6-3-7-14(15)16(12)13;1-2-5-4-6-3-1/h2-5,7-9,20-21H,6,10-11H2,1H3,(H,19,22);1-4H. The number of allylic oxidation sites excluding steroid dienone is 1. The lowest BCUT2D eigenvalue weighted by Crippen LogP contribution is -2.51. The zero-order chi connectivity index (χ0) is 20.0. The number of aliphatic hydroxyl groups excluding tert-OH is 2. The first-order valence-corrected chi connectivity index (χ1v) is 9.03. The largest absolute Gasteiger partial charge is 0.394 e. The Morgan fingerprint density at radius 2 is 1.86 bits per heavy atom. The van der Waals surface area contributed by atoms with Crippen LogP contribution in [0.3, 0.4) is 0 Å². The summed E-state index contributed by atoms with van der Waals surface area (Å²) in [7, 11) is 0. The molecule has 0 aliphatic heterocycles. The summed E-state index contributed by atoms with van der Waals surface area (Å²) < 4.78 is 0. The average Bonchev–Trinajstić information content (AvgIpc) is 2.76. The molecule has 0 radical (unpaired) electrons. The van der Waals surface area contributed by atoms with E-state index in [4.69, 9.17) is 0 Å². The minimum atomic E-state index is -1.03. The molecule has 28 heavy (non-hydrogen) atoms. The Bertz CT molecular complexity index is 956. The molecule has 0 saturated carbocycles. The summed E-state index contributed by atoms with van der Waals surface area (Å²) in [6, 6.07) is 11.6. The number of amides is 1. The molecule has 3 aromatic rings. The highest BCUT2D eigenvalue weighted by Gasteiger charge is 2.26. The minimum absolute atomic E-state index is 0.288.